The molecule has 0 saturated heterocycles. The Hall–Kier alpha value is -1.26. The second kappa shape index (κ2) is 4.31. The van der Waals surface area contributed by atoms with Gasteiger partial charge in [0.1, 0.15) is 5.82 Å². The normalized spacial score (nSPS) is 10.9. The number of aryl methyl sites for hydroxylation is 1. The van der Waals surface area contributed by atoms with Crippen molar-refractivity contribution in [2.24, 2.45) is 0 Å². The van der Waals surface area contributed by atoms with Crippen molar-refractivity contribution >= 4 is 34.7 Å². The molecule has 0 spiro atoms. The Labute approximate surface area is 101 Å². The van der Waals surface area contributed by atoms with E-state index < -0.39 is 5.97 Å². The molecular weight excluding hydrogens is 251 g/mol. The van der Waals surface area contributed by atoms with Crippen LogP contribution in [0.4, 0.5) is 0 Å². The summed E-state index contributed by atoms with van der Waals surface area (Å²) in [6, 6.07) is 3.47. The first kappa shape index (κ1) is 11.2. The van der Waals surface area contributed by atoms with Crippen LogP contribution in [-0.4, -0.2) is 20.5 Å². The Balaban J connectivity index is 2.44. The van der Waals surface area contributed by atoms with E-state index in [4.69, 9.17) is 28.3 Å². The first-order valence-electron chi connectivity index (χ1n) is 4.61. The summed E-state index contributed by atoms with van der Waals surface area (Å²) in [6.45, 7) is 0. The van der Waals surface area contributed by atoms with Crippen LogP contribution in [0.3, 0.4) is 0 Å². The van der Waals surface area contributed by atoms with E-state index in [0.29, 0.717) is 22.4 Å². The van der Waals surface area contributed by atoms with Crippen LogP contribution in [0.5, 0.6) is 0 Å². The third-order valence-corrected chi connectivity index (χ3v) is 2.69. The highest BCUT2D eigenvalue weighted by Crippen LogP contribution is 2.21. The molecule has 0 aliphatic rings. The molecule has 0 atom stereocenters. The van der Waals surface area contributed by atoms with Crippen LogP contribution in [0.15, 0.2) is 18.3 Å². The van der Waals surface area contributed by atoms with Gasteiger partial charge < -0.3 is 9.51 Å². The predicted molar refractivity (Wildman–Crippen MR) is 61.2 cm³/mol. The zero-order valence-electron chi connectivity index (χ0n) is 8.15. The molecule has 0 bridgehead atoms. The minimum absolute atomic E-state index is 0.0158. The zero-order valence-corrected chi connectivity index (χ0v) is 9.66. The number of aromatic nitrogens is 2. The van der Waals surface area contributed by atoms with E-state index in [1.165, 1.54) is 0 Å². The molecule has 2 aromatic heterocycles. The van der Waals surface area contributed by atoms with Crippen molar-refractivity contribution in [1.29, 1.82) is 0 Å². The summed E-state index contributed by atoms with van der Waals surface area (Å²) in [5.41, 5.74) is 0.728. The molecule has 0 aliphatic heterocycles. The Bertz CT molecular complexity index is 551. The van der Waals surface area contributed by atoms with E-state index in [-0.39, 0.29) is 6.42 Å². The fourth-order valence-corrected chi connectivity index (χ4v) is 1.89. The third kappa shape index (κ3) is 2.13. The second-order valence-electron chi connectivity index (χ2n) is 3.32. The van der Waals surface area contributed by atoms with Gasteiger partial charge in [0.2, 0.25) is 0 Å². The van der Waals surface area contributed by atoms with Crippen molar-refractivity contribution in [2.45, 2.75) is 12.8 Å². The minimum Gasteiger partial charge on any atom is -0.481 e. The summed E-state index contributed by atoms with van der Waals surface area (Å²) in [5.74, 6) is -0.264. The molecule has 2 aromatic rings. The molecule has 6 heteroatoms. The fourth-order valence-electron chi connectivity index (χ4n) is 1.48. The zero-order chi connectivity index (χ0) is 11.7. The molecule has 84 valence electrons. The first-order valence-corrected chi connectivity index (χ1v) is 5.37. The number of rotatable bonds is 3. The van der Waals surface area contributed by atoms with Crippen LogP contribution < -0.4 is 0 Å². The van der Waals surface area contributed by atoms with E-state index in [1.54, 1.807) is 22.7 Å². The van der Waals surface area contributed by atoms with Crippen molar-refractivity contribution in [3.63, 3.8) is 0 Å². The van der Waals surface area contributed by atoms with Crippen molar-refractivity contribution in [1.82, 2.24) is 9.38 Å². The predicted octanol–water partition coefficient (Wildman–Crippen LogP) is 2.66. The molecule has 1 N–H and O–H groups in total. The van der Waals surface area contributed by atoms with Gasteiger partial charge in [0.05, 0.1) is 17.0 Å². The van der Waals surface area contributed by atoms with Crippen molar-refractivity contribution < 1.29 is 9.90 Å². The van der Waals surface area contributed by atoms with Crippen LogP contribution >= 0.6 is 23.2 Å². The van der Waals surface area contributed by atoms with Gasteiger partial charge in [-0.2, -0.15) is 0 Å². The fraction of sp³-hybridized carbons (Fsp3) is 0.200. The molecule has 0 radical (unpaired) electrons. The maximum absolute atomic E-state index is 10.5. The lowest BCUT2D eigenvalue weighted by molar-refractivity contribution is -0.137. The number of aliphatic carboxylic acids is 1. The third-order valence-electron chi connectivity index (χ3n) is 2.19. The van der Waals surface area contributed by atoms with Crippen LogP contribution in [0.25, 0.3) is 5.52 Å². The largest absolute Gasteiger partial charge is 0.481 e. The van der Waals surface area contributed by atoms with Gasteiger partial charge in [-0.1, -0.05) is 23.2 Å². The maximum Gasteiger partial charge on any atom is 0.303 e. The van der Waals surface area contributed by atoms with E-state index >= 15 is 0 Å². The van der Waals surface area contributed by atoms with Gasteiger partial charge in [0.25, 0.3) is 0 Å². The van der Waals surface area contributed by atoms with E-state index in [9.17, 15) is 4.79 Å². The molecule has 0 aliphatic carbocycles. The van der Waals surface area contributed by atoms with E-state index in [1.807, 2.05) is 0 Å². The Kier molecular flexibility index (Phi) is 3.03. The van der Waals surface area contributed by atoms with Gasteiger partial charge in [0.15, 0.2) is 5.15 Å². The molecule has 0 fully saturated rings. The number of nitrogens with zero attached hydrogens (tertiary/aromatic N) is 2. The van der Waals surface area contributed by atoms with Crippen molar-refractivity contribution in [3.05, 3.63) is 34.3 Å². The van der Waals surface area contributed by atoms with Crippen LogP contribution in [0, 0.1) is 0 Å². The Morgan fingerprint density at radius 3 is 2.88 bits per heavy atom. The highest BCUT2D eigenvalue weighted by molar-refractivity contribution is 6.33. The molecular formula is C10H8Cl2N2O2. The number of carbonyl (C=O) groups is 1. The van der Waals surface area contributed by atoms with Crippen LogP contribution in [-0.2, 0) is 11.2 Å². The van der Waals surface area contributed by atoms with Crippen molar-refractivity contribution in [2.75, 3.05) is 0 Å². The Morgan fingerprint density at radius 2 is 2.19 bits per heavy atom. The molecule has 0 amide bonds. The lowest BCUT2D eigenvalue weighted by Crippen LogP contribution is -2.01. The number of carboxylic acids is 1. The number of hydrogen-bond acceptors (Lipinski definition) is 2. The van der Waals surface area contributed by atoms with Crippen molar-refractivity contribution in [3.8, 4) is 0 Å². The SMILES string of the molecule is O=C(O)CCc1nc(Cl)c2ccc(Cl)cn12. The summed E-state index contributed by atoms with van der Waals surface area (Å²) in [5, 5.41) is 9.52. The molecule has 16 heavy (non-hydrogen) atoms. The number of hydrogen-bond donors (Lipinski definition) is 1. The molecule has 0 saturated carbocycles. The molecule has 2 rings (SSSR count). The summed E-state index contributed by atoms with van der Waals surface area (Å²) >= 11 is 11.8. The highest BCUT2D eigenvalue weighted by Gasteiger charge is 2.10. The van der Waals surface area contributed by atoms with Crippen LogP contribution in [0.1, 0.15) is 12.2 Å². The monoisotopic (exact) mass is 258 g/mol. The van der Waals surface area contributed by atoms with Gasteiger partial charge in [-0.25, -0.2) is 4.98 Å². The number of pyridine rings is 1. The summed E-state index contributed by atoms with van der Waals surface area (Å²) in [7, 11) is 0. The lowest BCUT2D eigenvalue weighted by atomic mass is 10.3. The number of halogens is 2. The molecule has 0 unspecified atom stereocenters. The first-order chi connectivity index (χ1) is 7.58. The molecule has 0 aromatic carbocycles. The Morgan fingerprint density at radius 1 is 1.44 bits per heavy atom. The standard InChI is InChI=1S/C10H8Cl2N2O2/c11-6-1-2-7-10(12)13-8(14(7)5-6)3-4-9(15)16/h1-2,5H,3-4H2,(H,15,16). The molecule has 2 heterocycles. The number of imidazole rings is 1. The topological polar surface area (TPSA) is 54.6 Å². The lowest BCUT2D eigenvalue weighted by Gasteiger charge is -1.99. The minimum atomic E-state index is -0.866. The second-order valence-corrected chi connectivity index (χ2v) is 4.11. The average Bonchev–Trinajstić information content (AvgIpc) is 2.52. The summed E-state index contributed by atoms with van der Waals surface area (Å²) in [4.78, 5) is 14.6. The van der Waals surface area contributed by atoms with Crippen LogP contribution in [0.2, 0.25) is 10.2 Å². The quantitative estimate of drug-likeness (QED) is 0.921. The smallest absolute Gasteiger partial charge is 0.303 e. The average molecular weight is 259 g/mol. The van der Waals surface area contributed by atoms with Gasteiger partial charge in [0, 0.05) is 12.6 Å². The summed E-state index contributed by atoms with van der Waals surface area (Å²) in [6.07, 6.45) is 2.01. The number of fused-ring (bicyclic) bond motifs is 1. The van der Waals surface area contributed by atoms with Gasteiger partial charge in [-0.3, -0.25) is 4.79 Å². The summed E-state index contributed by atoms with van der Waals surface area (Å²) < 4.78 is 1.72. The van der Waals surface area contributed by atoms with E-state index in [2.05, 4.69) is 4.98 Å². The highest BCUT2D eigenvalue weighted by atomic mass is 35.5. The van der Waals surface area contributed by atoms with Gasteiger partial charge >= 0.3 is 5.97 Å². The number of carboxylic acid groups (broad SMARTS) is 1. The van der Waals surface area contributed by atoms with E-state index in [0.717, 1.165) is 5.52 Å². The maximum atomic E-state index is 10.5. The van der Waals surface area contributed by atoms with Gasteiger partial charge in [-0.05, 0) is 12.1 Å². The van der Waals surface area contributed by atoms with Gasteiger partial charge in [-0.15, -0.1) is 0 Å². The molecule has 4 nitrogen and oxygen atoms in total.